The number of allylic oxidation sites excluding steroid dienone is 1. The summed E-state index contributed by atoms with van der Waals surface area (Å²) in [5.74, 6) is 0.712. The molecule has 0 spiro atoms. The second-order valence-electron chi connectivity index (χ2n) is 5.04. The fraction of sp³-hybridized carbons (Fsp3) is 0.167. The van der Waals surface area contributed by atoms with Gasteiger partial charge in [0.25, 0.3) is 0 Å². The molecule has 5 heteroatoms. The molecule has 118 valence electrons. The third kappa shape index (κ3) is 2.21. The first-order chi connectivity index (χ1) is 11.1. The number of benzene rings is 2. The van der Waals surface area contributed by atoms with Gasteiger partial charge >= 0.3 is 0 Å². The van der Waals surface area contributed by atoms with Crippen LogP contribution in [0.15, 0.2) is 46.1 Å². The van der Waals surface area contributed by atoms with Gasteiger partial charge in [-0.25, -0.2) is 0 Å². The van der Waals surface area contributed by atoms with E-state index in [1.54, 1.807) is 24.3 Å². The van der Waals surface area contributed by atoms with Crippen LogP contribution >= 0.6 is 0 Å². The summed E-state index contributed by atoms with van der Waals surface area (Å²) >= 11 is 0. The van der Waals surface area contributed by atoms with Crippen molar-refractivity contribution in [2.45, 2.75) is 6.42 Å². The lowest BCUT2D eigenvalue weighted by molar-refractivity contribution is 0.407. The number of hydrogen-bond donors (Lipinski definition) is 1. The van der Waals surface area contributed by atoms with Crippen LogP contribution in [0.4, 0.5) is 0 Å². The number of phenols is 1. The zero-order valence-electron chi connectivity index (χ0n) is 12.9. The second kappa shape index (κ2) is 5.68. The topological polar surface area (TPSA) is 68.9 Å². The average Bonchev–Trinajstić information content (AvgIpc) is 2.56. The summed E-state index contributed by atoms with van der Waals surface area (Å²) in [5, 5.41) is 10.9. The van der Waals surface area contributed by atoms with Gasteiger partial charge in [0.1, 0.15) is 22.5 Å². The Hall–Kier alpha value is -2.95. The highest BCUT2D eigenvalue weighted by atomic mass is 16.5. The van der Waals surface area contributed by atoms with E-state index in [2.05, 4.69) is 6.58 Å². The molecule has 1 N–H and O–H groups in total. The van der Waals surface area contributed by atoms with Crippen LogP contribution in [0, 0.1) is 0 Å². The van der Waals surface area contributed by atoms with Crippen molar-refractivity contribution in [3.63, 3.8) is 0 Å². The third-order valence-corrected chi connectivity index (χ3v) is 3.77. The molecule has 0 radical (unpaired) electrons. The average molecular weight is 312 g/mol. The van der Waals surface area contributed by atoms with Gasteiger partial charge in [-0.15, -0.1) is 6.58 Å². The molecule has 0 fully saturated rings. The molecular weight excluding hydrogens is 296 g/mol. The van der Waals surface area contributed by atoms with Crippen LogP contribution < -0.4 is 14.9 Å². The number of rotatable bonds is 4. The van der Waals surface area contributed by atoms with E-state index in [0.29, 0.717) is 34.1 Å². The predicted molar refractivity (Wildman–Crippen MR) is 88.7 cm³/mol. The third-order valence-electron chi connectivity index (χ3n) is 3.77. The molecule has 23 heavy (non-hydrogen) atoms. The molecule has 1 heterocycles. The molecule has 3 aromatic rings. The van der Waals surface area contributed by atoms with Gasteiger partial charge in [0.15, 0.2) is 11.3 Å². The van der Waals surface area contributed by atoms with Gasteiger partial charge in [0.2, 0.25) is 5.43 Å². The highest BCUT2D eigenvalue weighted by Crippen LogP contribution is 2.37. The van der Waals surface area contributed by atoms with Crippen molar-refractivity contribution in [2.75, 3.05) is 14.2 Å². The van der Waals surface area contributed by atoms with Gasteiger partial charge in [-0.05, 0) is 18.6 Å². The summed E-state index contributed by atoms with van der Waals surface area (Å²) in [4.78, 5) is 12.9. The number of hydrogen-bond acceptors (Lipinski definition) is 5. The molecule has 2 aromatic carbocycles. The molecule has 0 saturated heterocycles. The van der Waals surface area contributed by atoms with Crippen LogP contribution in [-0.4, -0.2) is 19.3 Å². The van der Waals surface area contributed by atoms with Crippen molar-refractivity contribution in [2.24, 2.45) is 0 Å². The Balaban J connectivity index is 2.59. The van der Waals surface area contributed by atoms with Crippen LogP contribution in [0.2, 0.25) is 0 Å². The Labute approximate surface area is 132 Å². The van der Waals surface area contributed by atoms with Crippen LogP contribution in [0.1, 0.15) is 5.56 Å². The molecule has 5 nitrogen and oxygen atoms in total. The van der Waals surface area contributed by atoms with Crippen molar-refractivity contribution in [1.29, 1.82) is 0 Å². The molecule has 0 atom stereocenters. The number of fused-ring (bicyclic) bond motifs is 2. The van der Waals surface area contributed by atoms with E-state index in [1.807, 2.05) is 0 Å². The maximum Gasteiger partial charge on any atom is 0.204 e. The molecule has 0 aliphatic rings. The number of para-hydroxylation sites is 1. The van der Waals surface area contributed by atoms with E-state index in [0.717, 1.165) is 0 Å². The summed E-state index contributed by atoms with van der Waals surface area (Å²) in [6, 6.07) is 6.53. The summed E-state index contributed by atoms with van der Waals surface area (Å²) in [6.45, 7) is 3.68. The quantitative estimate of drug-likeness (QED) is 0.590. The van der Waals surface area contributed by atoms with Gasteiger partial charge < -0.3 is 19.0 Å². The van der Waals surface area contributed by atoms with E-state index in [-0.39, 0.29) is 22.5 Å². The number of aromatic hydroxyl groups is 1. The van der Waals surface area contributed by atoms with E-state index in [9.17, 15) is 9.90 Å². The maximum absolute atomic E-state index is 12.9. The monoisotopic (exact) mass is 312 g/mol. The van der Waals surface area contributed by atoms with Crippen molar-refractivity contribution < 1.29 is 19.0 Å². The van der Waals surface area contributed by atoms with Crippen LogP contribution in [-0.2, 0) is 6.42 Å². The molecule has 0 bridgehead atoms. The first kappa shape index (κ1) is 15.0. The Morgan fingerprint density at radius 2 is 1.96 bits per heavy atom. The van der Waals surface area contributed by atoms with Gasteiger partial charge in [0, 0.05) is 11.6 Å². The van der Waals surface area contributed by atoms with Gasteiger partial charge in [0.05, 0.1) is 19.6 Å². The van der Waals surface area contributed by atoms with Crippen LogP contribution in [0.3, 0.4) is 0 Å². The largest absolute Gasteiger partial charge is 0.507 e. The van der Waals surface area contributed by atoms with Gasteiger partial charge in [-0.1, -0.05) is 12.1 Å². The lowest BCUT2D eigenvalue weighted by atomic mass is 10.0. The summed E-state index contributed by atoms with van der Waals surface area (Å²) < 4.78 is 16.5. The fourth-order valence-electron chi connectivity index (χ4n) is 2.69. The Morgan fingerprint density at radius 3 is 2.61 bits per heavy atom. The van der Waals surface area contributed by atoms with Crippen molar-refractivity contribution >= 4 is 21.9 Å². The molecule has 0 unspecified atom stereocenters. The van der Waals surface area contributed by atoms with Crippen LogP contribution in [0.25, 0.3) is 21.9 Å². The minimum Gasteiger partial charge on any atom is -0.507 e. The van der Waals surface area contributed by atoms with E-state index < -0.39 is 0 Å². The molecule has 1 aromatic heterocycles. The zero-order chi connectivity index (χ0) is 16.6. The van der Waals surface area contributed by atoms with Crippen molar-refractivity contribution in [3.05, 3.63) is 52.7 Å². The van der Waals surface area contributed by atoms with E-state index in [4.69, 9.17) is 13.9 Å². The molecular formula is C18H16O5. The SMILES string of the molecule is C=CCc1c(O)cc(OC)c2c(=O)c3cccc(OC)c3oc12. The van der Waals surface area contributed by atoms with Gasteiger partial charge in [-0.2, -0.15) is 0 Å². The fourth-order valence-corrected chi connectivity index (χ4v) is 2.69. The molecule has 0 saturated carbocycles. The highest BCUT2D eigenvalue weighted by molar-refractivity contribution is 5.97. The minimum atomic E-state index is -0.234. The Morgan fingerprint density at radius 1 is 1.22 bits per heavy atom. The van der Waals surface area contributed by atoms with Crippen molar-refractivity contribution in [3.8, 4) is 17.2 Å². The molecule has 3 rings (SSSR count). The summed E-state index contributed by atoms with van der Waals surface area (Å²) in [6.07, 6.45) is 1.99. The van der Waals surface area contributed by atoms with Crippen LogP contribution in [0.5, 0.6) is 17.2 Å². The highest BCUT2D eigenvalue weighted by Gasteiger charge is 2.20. The number of phenolic OH excluding ortho intramolecular Hbond substituents is 1. The van der Waals surface area contributed by atoms with Crippen molar-refractivity contribution in [1.82, 2.24) is 0 Å². The van der Waals surface area contributed by atoms with Gasteiger partial charge in [-0.3, -0.25) is 4.79 Å². The normalized spacial score (nSPS) is 10.9. The molecule has 0 aliphatic carbocycles. The lowest BCUT2D eigenvalue weighted by Crippen LogP contribution is -2.06. The first-order valence-electron chi connectivity index (χ1n) is 7.05. The smallest absolute Gasteiger partial charge is 0.204 e. The van der Waals surface area contributed by atoms with E-state index in [1.165, 1.54) is 20.3 Å². The lowest BCUT2D eigenvalue weighted by Gasteiger charge is -2.12. The number of ether oxygens (including phenoxy) is 2. The Bertz CT molecular complexity index is 969. The molecule has 0 aliphatic heterocycles. The molecule has 0 amide bonds. The minimum absolute atomic E-state index is 0.00773. The standard InChI is InChI=1S/C18H16O5/c1-4-6-10-12(19)9-14(22-3)15-16(20)11-7-5-8-13(21-2)17(11)23-18(10)15/h4-5,7-9,19H,1,6H2,2-3H3. The number of methoxy groups -OCH3 is 2. The maximum atomic E-state index is 12.9. The second-order valence-corrected chi connectivity index (χ2v) is 5.04. The predicted octanol–water partition coefficient (Wildman–Crippen LogP) is 3.40. The zero-order valence-corrected chi connectivity index (χ0v) is 12.9. The Kier molecular flexibility index (Phi) is 3.70. The first-order valence-corrected chi connectivity index (χ1v) is 7.05. The summed E-state index contributed by atoms with van der Waals surface area (Å²) in [7, 11) is 2.95. The van der Waals surface area contributed by atoms with E-state index >= 15 is 0 Å². The summed E-state index contributed by atoms with van der Waals surface area (Å²) in [5.41, 5.74) is 0.872.